The van der Waals surface area contributed by atoms with Crippen LogP contribution in [0.3, 0.4) is 0 Å². The van der Waals surface area contributed by atoms with Gasteiger partial charge in [-0.2, -0.15) is 0 Å². The van der Waals surface area contributed by atoms with Crippen LogP contribution in [0.15, 0.2) is 182 Å². The monoisotopic (exact) mass is 648 g/mol. The molecule has 1 aliphatic carbocycles. The van der Waals surface area contributed by atoms with Crippen LogP contribution in [-0.2, 0) is 6.42 Å². The molecule has 0 radical (unpaired) electrons. The van der Waals surface area contributed by atoms with E-state index in [-0.39, 0.29) is 0 Å². The zero-order valence-electron chi connectivity index (χ0n) is 27.9. The van der Waals surface area contributed by atoms with E-state index in [9.17, 15) is 0 Å². The molecule has 0 saturated heterocycles. The third kappa shape index (κ3) is 4.23. The van der Waals surface area contributed by atoms with Crippen molar-refractivity contribution in [3.63, 3.8) is 0 Å². The third-order valence-electron chi connectivity index (χ3n) is 11.0. The van der Waals surface area contributed by atoms with E-state index in [1.54, 1.807) is 0 Å². The molecule has 0 atom stereocenters. The molecule has 0 bridgehead atoms. The molecular weight excluding hydrogens is 617 g/mol. The Balaban J connectivity index is 1.08. The van der Waals surface area contributed by atoms with E-state index in [0.29, 0.717) is 0 Å². The second-order valence-electron chi connectivity index (χ2n) is 13.7. The van der Waals surface area contributed by atoms with Crippen molar-refractivity contribution in [3.8, 4) is 44.8 Å². The molecule has 10 aromatic rings. The SMILES string of the molecule is c1ccc(-c2ccc(-n3c4ccccc4c4ccc(-c5ccc6c(c5)c5ccccc5n6-c5cccc6c5Cc5ccccc5-6)cc43)cc2)cc1. The Labute approximate surface area is 296 Å². The molecule has 2 aromatic heterocycles. The van der Waals surface area contributed by atoms with Crippen molar-refractivity contribution in [2.75, 3.05) is 0 Å². The molecule has 0 spiro atoms. The largest absolute Gasteiger partial charge is 0.309 e. The van der Waals surface area contributed by atoms with Crippen LogP contribution in [0.5, 0.6) is 0 Å². The molecular formula is C49H32N2. The van der Waals surface area contributed by atoms with Crippen LogP contribution < -0.4 is 0 Å². The number of nitrogens with zero attached hydrogens (tertiary/aromatic N) is 2. The van der Waals surface area contributed by atoms with Crippen molar-refractivity contribution in [1.29, 1.82) is 0 Å². The molecule has 11 rings (SSSR count). The van der Waals surface area contributed by atoms with E-state index >= 15 is 0 Å². The first kappa shape index (κ1) is 28.2. The molecule has 0 aliphatic heterocycles. The number of hydrogen-bond acceptors (Lipinski definition) is 0. The number of aromatic nitrogens is 2. The summed E-state index contributed by atoms with van der Waals surface area (Å²) in [6, 6.07) is 66.8. The number of hydrogen-bond donors (Lipinski definition) is 0. The van der Waals surface area contributed by atoms with Gasteiger partial charge in [-0.15, -0.1) is 0 Å². The molecule has 0 N–H and O–H groups in total. The van der Waals surface area contributed by atoms with Gasteiger partial charge in [0.15, 0.2) is 0 Å². The lowest BCUT2D eigenvalue weighted by atomic mass is 10.0. The first-order chi connectivity index (χ1) is 25.3. The molecule has 238 valence electrons. The number of para-hydroxylation sites is 2. The van der Waals surface area contributed by atoms with E-state index in [1.807, 2.05) is 0 Å². The summed E-state index contributed by atoms with van der Waals surface area (Å²) < 4.78 is 4.90. The van der Waals surface area contributed by atoms with Crippen LogP contribution in [0, 0.1) is 0 Å². The second kappa shape index (κ2) is 10.9. The summed E-state index contributed by atoms with van der Waals surface area (Å²) in [5.74, 6) is 0. The van der Waals surface area contributed by atoms with Crippen LogP contribution in [-0.4, -0.2) is 9.13 Å². The zero-order valence-corrected chi connectivity index (χ0v) is 27.9. The molecule has 0 amide bonds. The Bertz CT molecular complexity index is 2980. The Kier molecular flexibility index (Phi) is 6.05. The van der Waals surface area contributed by atoms with Crippen LogP contribution in [0.4, 0.5) is 0 Å². The van der Waals surface area contributed by atoms with Gasteiger partial charge in [0.25, 0.3) is 0 Å². The molecule has 2 heterocycles. The van der Waals surface area contributed by atoms with Crippen LogP contribution in [0.25, 0.3) is 88.4 Å². The highest BCUT2D eigenvalue weighted by Crippen LogP contribution is 2.43. The highest BCUT2D eigenvalue weighted by molar-refractivity contribution is 6.12. The molecule has 2 nitrogen and oxygen atoms in total. The Hall–Kier alpha value is -6.64. The van der Waals surface area contributed by atoms with Crippen molar-refractivity contribution >= 4 is 43.6 Å². The fraction of sp³-hybridized carbons (Fsp3) is 0.0204. The first-order valence-corrected chi connectivity index (χ1v) is 17.7. The maximum atomic E-state index is 2.49. The predicted molar refractivity (Wildman–Crippen MR) is 214 cm³/mol. The van der Waals surface area contributed by atoms with Crippen molar-refractivity contribution in [2.45, 2.75) is 6.42 Å². The smallest absolute Gasteiger partial charge is 0.0547 e. The van der Waals surface area contributed by atoms with E-state index in [4.69, 9.17) is 0 Å². The van der Waals surface area contributed by atoms with Crippen molar-refractivity contribution < 1.29 is 0 Å². The number of fused-ring (bicyclic) bond motifs is 9. The van der Waals surface area contributed by atoms with Gasteiger partial charge in [0, 0.05) is 33.7 Å². The minimum atomic E-state index is 0.955. The van der Waals surface area contributed by atoms with Crippen LogP contribution >= 0.6 is 0 Å². The molecule has 0 unspecified atom stereocenters. The quantitative estimate of drug-likeness (QED) is 0.180. The van der Waals surface area contributed by atoms with Gasteiger partial charge in [-0.3, -0.25) is 0 Å². The average Bonchev–Trinajstić information content (AvgIpc) is 3.86. The third-order valence-corrected chi connectivity index (χ3v) is 11.0. The number of benzene rings is 8. The van der Waals surface area contributed by atoms with Gasteiger partial charge in [-0.25, -0.2) is 0 Å². The minimum absolute atomic E-state index is 0.955. The maximum Gasteiger partial charge on any atom is 0.0547 e. The van der Waals surface area contributed by atoms with Gasteiger partial charge in [-0.05, 0) is 93.0 Å². The lowest BCUT2D eigenvalue weighted by Crippen LogP contribution is -1.99. The van der Waals surface area contributed by atoms with Gasteiger partial charge < -0.3 is 9.13 Å². The first-order valence-electron chi connectivity index (χ1n) is 17.7. The van der Waals surface area contributed by atoms with Crippen molar-refractivity contribution in [3.05, 3.63) is 193 Å². The predicted octanol–water partition coefficient (Wildman–Crippen LogP) is 12.8. The maximum absolute atomic E-state index is 2.49. The fourth-order valence-electron chi connectivity index (χ4n) is 8.62. The van der Waals surface area contributed by atoms with Gasteiger partial charge in [0.1, 0.15) is 0 Å². The highest BCUT2D eigenvalue weighted by atomic mass is 15.0. The molecule has 2 heteroatoms. The summed E-state index contributed by atoms with van der Waals surface area (Å²) in [5.41, 5.74) is 17.7. The summed E-state index contributed by atoms with van der Waals surface area (Å²) in [6.07, 6.45) is 0.955. The summed E-state index contributed by atoms with van der Waals surface area (Å²) in [7, 11) is 0. The molecule has 0 saturated carbocycles. The second-order valence-corrected chi connectivity index (χ2v) is 13.7. The van der Waals surface area contributed by atoms with Gasteiger partial charge in [0.2, 0.25) is 0 Å². The number of rotatable bonds is 4. The molecule has 0 fully saturated rings. The topological polar surface area (TPSA) is 9.86 Å². The summed E-state index contributed by atoms with van der Waals surface area (Å²) >= 11 is 0. The van der Waals surface area contributed by atoms with Gasteiger partial charge in [0.05, 0.1) is 27.8 Å². The van der Waals surface area contributed by atoms with Gasteiger partial charge >= 0.3 is 0 Å². The van der Waals surface area contributed by atoms with Crippen LogP contribution in [0.1, 0.15) is 11.1 Å². The van der Waals surface area contributed by atoms with Crippen molar-refractivity contribution in [2.24, 2.45) is 0 Å². The Morgan fingerprint density at radius 1 is 0.333 bits per heavy atom. The minimum Gasteiger partial charge on any atom is -0.309 e. The average molecular weight is 649 g/mol. The van der Waals surface area contributed by atoms with E-state index in [2.05, 4.69) is 191 Å². The van der Waals surface area contributed by atoms with E-state index < -0.39 is 0 Å². The zero-order chi connectivity index (χ0) is 33.5. The van der Waals surface area contributed by atoms with Gasteiger partial charge in [-0.1, -0.05) is 133 Å². The van der Waals surface area contributed by atoms with Crippen molar-refractivity contribution in [1.82, 2.24) is 9.13 Å². The summed E-state index contributed by atoms with van der Waals surface area (Å²) in [4.78, 5) is 0. The Morgan fingerprint density at radius 2 is 0.922 bits per heavy atom. The summed E-state index contributed by atoms with van der Waals surface area (Å²) in [5, 5.41) is 5.07. The van der Waals surface area contributed by atoms with E-state index in [0.717, 1.165) is 12.1 Å². The van der Waals surface area contributed by atoms with E-state index in [1.165, 1.54) is 93.8 Å². The lowest BCUT2D eigenvalue weighted by Gasteiger charge is -2.13. The molecule has 8 aromatic carbocycles. The van der Waals surface area contributed by atoms with Crippen LogP contribution in [0.2, 0.25) is 0 Å². The fourth-order valence-corrected chi connectivity index (χ4v) is 8.62. The lowest BCUT2D eigenvalue weighted by molar-refractivity contribution is 1.12. The molecule has 1 aliphatic rings. The Morgan fingerprint density at radius 3 is 1.76 bits per heavy atom. The normalized spacial score (nSPS) is 12.2. The standard InChI is InChI=1S/C49H32N2/c1-2-11-32(12-3-1)33-21-25-37(26-22-33)50-45-18-8-6-15-40(45)42-27-23-35(31-49(42)50)34-24-28-48-44(29-34)41-16-7-9-19-46(41)51(48)47-20-10-17-39-38-14-5-4-13-36(38)30-43(39)47/h1-29,31H,30H2. The highest BCUT2D eigenvalue weighted by Gasteiger charge is 2.23. The molecule has 51 heavy (non-hydrogen) atoms. The summed E-state index contributed by atoms with van der Waals surface area (Å²) in [6.45, 7) is 0.